The summed E-state index contributed by atoms with van der Waals surface area (Å²) in [5.41, 5.74) is 0.902. The van der Waals surface area contributed by atoms with Crippen molar-refractivity contribution in [3.05, 3.63) is 76.8 Å². The lowest BCUT2D eigenvalue weighted by Crippen LogP contribution is -2.54. The fraction of sp³-hybridized carbons (Fsp3) is 0.226. The van der Waals surface area contributed by atoms with Crippen molar-refractivity contribution in [2.75, 3.05) is 37.1 Å². The van der Waals surface area contributed by atoms with E-state index in [9.17, 15) is 19.2 Å². The zero-order chi connectivity index (χ0) is 30.9. The highest BCUT2D eigenvalue weighted by molar-refractivity contribution is 6.39. The van der Waals surface area contributed by atoms with E-state index in [1.54, 1.807) is 43.3 Å². The highest BCUT2D eigenvalue weighted by atomic mass is 35.5. The molecule has 4 rings (SSSR count). The number of benzene rings is 3. The van der Waals surface area contributed by atoms with Crippen LogP contribution in [0.5, 0.6) is 23.0 Å². The van der Waals surface area contributed by atoms with E-state index in [1.807, 2.05) is 6.92 Å². The summed E-state index contributed by atoms with van der Waals surface area (Å²) in [4.78, 5) is 52.1. The fourth-order valence-corrected chi connectivity index (χ4v) is 4.19. The molecule has 0 saturated carbocycles. The number of hydrogen-bond donors (Lipinski definition) is 2. The van der Waals surface area contributed by atoms with E-state index in [0.717, 1.165) is 11.3 Å². The predicted molar refractivity (Wildman–Crippen MR) is 161 cm³/mol. The third kappa shape index (κ3) is 7.63. The van der Waals surface area contributed by atoms with E-state index in [-0.39, 0.29) is 29.4 Å². The second-order valence-corrected chi connectivity index (χ2v) is 9.56. The molecule has 12 heteroatoms. The Bertz CT molecular complexity index is 1560. The van der Waals surface area contributed by atoms with Crippen molar-refractivity contribution in [1.82, 2.24) is 5.32 Å². The maximum Gasteiger partial charge on any atom is 0.335 e. The number of urea groups is 1. The van der Waals surface area contributed by atoms with Crippen LogP contribution in [0.25, 0.3) is 6.08 Å². The maximum absolute atomic E-state index is 13.4. The number of halogens is 1. The molecule has 1 aliphatic heterocycles. The van der Waals surface area contributed by atoms with Crippen LogP contribution in [0.3, 0.4) is 0 Å². The van der Waals surface area contributed by atoms with Crippen LogP contribution in [0.15, 0.2) is 66.2 Å². The average molecular weight is 608 g/mol. The Kier molecular flexibility index (Phi) is 10.2. The third-order valence-electron chi connectivity index (χ3n) is 6.03. The van der Waals surface area contributed by atoms with Crippen LogP contribution in [0, 0.1) is 0 Å². The maximum atomic E-state index is 13.4. The molecule has 224 valence electrons. The van der Waals surface area contributed by atoms with Gasteiger partial charge in [-0.15, -0.1) is 0 Å². The first-order valence-corrected chi connectivity index (χ1v) is 13.8. The molecule has 0 atom stereocenters. The highest BCUT2D eigenvalue weighted by Gasteiger charge is 2.37. The molecular weight excluding hydrogens is 578 g/mol. The first-order chi connectivity index (χ1) is 20.7. The van der Waals surface area contributed by atoms with Crippen molar-refractivity contribution in [2.24, 2.45) is 0 Å². The first kappa shape index (κ1) is 30.9. The van der Waals surface area contributed by atoms with Crippen molar-refractivity contribution in [3.63, 3.8) is 0 Å². The molecule has 3 aromatic rings. The van der Waals surface area contributed by atoms with Crippen molar-refractivity contribution >= 4 is 52.8 Å². The van der Waals surface area contributed by atoms with Crippen LogP contribution in [0.4, 0.5) is 16.2 Å². The van der Waals surface area contributed by atoms with Crippen molar-refractivity contribution in [1.29, 1.82) is 0 Å². The number of amides is 5. The molecule has 3 aromatic carbocycles. The van der Waals surface area contributed by atoms with Crippen LogP contribution in [0.1, 0.15) is 25.8 Å². The largest absolute Gasteiger partial charge is 0.493 e. The number of hydrogen-bond acceptors (Lipinski definition) is 8. The lowest BCUT2D eigenvalue weighted by molar-refractivity contribution is -0.122. The summed E-state index contributed by atoms with van der Waals surface area (Å²) in [7, 11) is 1.41. The third-order valence-corrected chi connectivity index (χ3v) is 6.29. The lowest BCUT2D eigenvalue weighted by atomic mass is 10.1. The molecule has 2 N–H and O–H groups in total. The number of carbonyl (C=O) groups excluding carboxylic acids is 4. The van der Waals surface area contributed by atoms with E-state index in [2.05, 4.69) is 10.6 Å². The average Bonchev–Trinajstić information content (AvgIpc) is 2.99. The number of imide groups is 2. The summed E-state index contributed by atoms with van der Waals surface area (Å²) in [6, 6.07) is 15.0. The normalized spacial score (nSPS) is 13.9. The second kappa shape index (κ2) is 14.2. The summed E-state index contributed by atoms with van der Waals surface area (Å²) in [5, 5.41) is 5.44. The quantitative estimate of drug-likeness (QED) is 0.212. The molecule has 0 spiro atoms. The molecule has 0 radical (unpaired) electrons. The number of nitrogens with one attached hydrogen (secondary N) is 2. The van der Waals surface area contributed by atoms with Gasteiger partial charge in [0.15, 0.2) is 29.6 Å². The Morgan fingerprint density at radius 3 is 2.33 bits per heavy atom. The number of ether oxygens (including phenoxy) is 4. The number of rotatable bonds is 12. The number of carbonyl (C=O) groups is 4. The predicted octanol–water partition coefficient (Wildman–Crippen LogP) is 5.22. The van der Waals surface area contributed by atoms with Crippen molar-refractivity contribution in [3.8, 4) is 23.0 Å². The number of anilines is 2. The van der Waals surface area contributed by atoms with Gasteiger partial charge in [0.25, 0.3) is 17.7 Å². The van der Waals surface area contributed by atoms with Gasteiger partial charge in [0.2, 0.25) is 0 Å². The molecule has 0 aromatic heterocycles. The van der Waals surface area contributed by atoms with Crippen molar-refractivity contribution < 1.29 is 38.1 Å². The zero-order valence-corrected chi connectivity index (χ0v) is 24.5. The van der Waals surface area contributed by atoms with Gasteiger partial charge < -0.3 is 24.3 Å². The lowest BCUT2D eigenvalue weighted by Gasteiger charge is -2.27. The monoisotopic (exact) mass is 607 g/mol. The Morgan fingerprint density at radius 2 is 1.63 bits per heavy atom. The smallest absolute Gasteiger partial charge is 0.335 e. The Hall–Kier alpha value is -5.03. The molecule has 43 heavy (non-hydrogen) atoms. The Labute approximate surface area is 253 Å². The molecular formula is C31H30ClN3O8. The molecule has 0 bridgehead atoms. The number of nitrogens with zero attached hydrogens (tertiary/aromatic N) is 1. The topological polar surface area (TPSA) is 132 Å². The molecule has 1 aliphatic rings. The van der Waals surface area contributed by atoms with E-state index < -0.39 is 23.8 Å². The van der Waals surface area contributed by atoms with Gasteiger partial charge in [0.05, 0.1) is 26.0 Å². The number of barbiturate groups is 1. The van der Waals surface area contributed by atoms with Gasteiger partial charge in [0.1, 0.15) is 5.57 Å². The van der Waals surface area contributed by atoms with Crippen LogP contribution in [-0.2, 0) is 14.4 Å². The van der Waals surface area contributed by atoms with Crippen LogP contribution >= 0.6 is 11.6 Å². The van der Waals surface area contributed by atoms with Gasteiger partial charge in [-0.3, -0.25) is 19.7 Å². The van der Waals surface area contributed by atoms with Gasteiger partial charge in [-0.05, 0) is 73.5 Å². The zero-order valence-electron chi connectivity index (χ0n) is 23.8. The molecule has 0 unspecified atom stereocenters. The van der Waals surface area contributed by atoms with Crippen LogP contribution in [-0.4, -0.2) is 50.7 Å². The molecule has 1 saturated heterocycles. The van der Waals surface area contributed by atoms with Gasteiger partial charge in [-0.2, -0.15) is 0 Å². The summed E-state index contributed by atoms with van der Waals surface area (Å²) >= 11 is 5.87. The van der Waals surface area contributed by atoms with Gasteiger partial charge >= 0.3 is 6.03 Å². The fourth-order valence-electron chi connectivity index (χ4n) is 4.06. The molecule has 11 nitrogen and oxygen atoms in total. The van der Waals surface area contributed by atoms with E-state index in [0.29, 0.717) is 41.0 Å². The van der Waals surface area contributed by atoms with E-state index in [4.69, 9.17) is 30.5 Å². The van der Waals surface area contributed by atoms with Crippen LogP contribution in [0.2, 0.25) is 5.02 Å². The summed E-state index contributed by atoms with van der Waals surface area (Å²) in [6.07, 6.45) is 2.12. The summed E-state index contributed by atoms with van der Waals surface area (Å²) < 4.78 is 22.4. The van der Waals surface area contributed by atoms with Crippen molar-refractivity contribution in [2.45, 2.75) is 20.3 Å². The van der Waals surface area contributed by atoms with Gasteiger partial charge in [0, 0.05) is 16.8 Å². The minimum atomic E-state index is -0.893. The standard InChI is InChI=1S/C31H30ClN3O8/c1-4-14-42-25-13-11-22(17-27(25)41-5-2)35-30(38)23(29(37)34-31(35)39)15-19-6-12-24(26(16-19)40-3)43-18-28(36)33-21-9-7-20(32)8-10-21/h6-13,15-17H,4-5,14,18H2,1-3H3,(H,33,36)(H,34,37,39)/b23-15+. The van der Waals surface area contributed by atoms with E-state index in [1.165, 1.54) is 37.5 Å². The molecule has 5 amide bonds. The highest BCUT2D eigenvalue weighted by Crippen LogP contribution is 2.34. The SMILES string of the molecule is CCCOc1ccc(N2C(=O)NC(=O)/C(=C\c3ccc(OCC(=O)Nc4ccc(Cl)cc4)c(OC)c3)C2=O)cc1OCC. The summed E-state index contributed by atoms with van der Waals surface area (Å²) in [5.74, 6) is -0.717. The molecule has 1 fully saturated rings. The van der Waals surface area contributed by atoms with Gasteiger partial charge in [-0.25, -0.2) is 9.69 Å². The molecule has 0 aliphatic carbocycles. The second-order valence-electron chi connectivity index (χ2n) is 9.12. The minimum absolute atomic E-state index is 0.200. The van der Waals surface area contributed by atoms with E-state index >= 15 is 0 Å². The van der Waals surface area contributed by atoms with Crippen LogP contribution < -0.4 is 34.5 Å². The molecule has 1 heterocycles. The minimum Gasteiger partial charge on any atom is -0.493 e. The summed E-state index contributed by atoms with van der Waals surface area (Å²) in [6.45, 7) is 4.27. The first-order valence-electron chi connectivity index (χ1n) is 13.4. The Balaban J connectivity index is 1.53. The Morgan fingerprint density at radius 1 is 0.907 bits per heavy atom. The van der Waals surface area contributed by atoms with Gasteiger partial charge in [-0.1, -0.05) is 24.6 Å². The number of methoxy groups -OCH3 is 1.